The first-order valence-electron chi connectivity index (χ1n) is 10.5. The van der Waals surface area contributed by atoms with E-state index in [0.29, 0.717) is 23.7 Å². The highest BCUT2D eigenvalue weighted by Gasteiger charge is 2.28. The van der Waals surface area contributed by atoms with E-state index in [1.54, 1.807) is 25.2 Å². The predicted octanol–water partition coefficient (Wildman–Crippen LogP) is 3.70. The van der Waals surface area contributed by atoms with Crippen LogP contribution in [-0.4, -0.2) is 62.3 Å². The molecule has 1 atom stereocenters. The summed E-state index contributed by atoms with van der Waals surface area (Å²) in [6.45, 7) is 5.68. The molecule has 1 aliphatic heterocycles. The van der Waals surface area contributed by atoms with Crippen molar-refractivity contribution in [2.24, 2.45) is 0 Å². The second-order valence-electron chi connectivity index (χ2n) is 7.40. The number of methoxy groups -OCH3 is 1. The van der Waals surface area contributed by atoms with Crippen LogP contribution in [0.25, 0.3) is 0 Å². The summed E-state index contributed by atoms with van der Waals surface area (Å²) in [6.07, 6.45) is 2.10. The molecule has 8 nitrogen and oxygen atoms in total. The number of esters is 2. The van der Waals surface area contributed by atoms with Crippen LogP contribution >= 0.6 is 22.7 Å². The molecule has 0 unspecified atom stereocenters. The zero-order chi connectivity index (χ0) is 23.1. The van der Waals surface area contributed by atoms with E-state index in [0.717, 1.165) is 35.7 Å². The minimum Gasteiger partial charge on any atom is -0.465 e. The Morgan fingerprint density at radius 2 is 2.12 bits per heavy atom. The Labute approximate surface area is 195 Å². The van der Waals surface area contributed by atoms with Crippen molar-refractivity contribution in [3.63, 3.8) is 0 Å². The van der Waals surface area contributed by atoms with Crippen LogP contribution in [0.4, 0.5) is 5.00 Å². The Bertz CT molecular complexity index is 935. The van der Waals surface area contributed by atoms with E-state index in [1.165, 1.54) is 7.11 Å². The van der Waals surface area contributed by atoms with Crippen molar-refractivity contribution in [2.75, 3.05) is 38.7 Å². The van der Waals surface area contributed by atoms with Gasteiger partial charge in [-0.15, -0.1) is 22.7 Å². The van der Waals surface area contributed by atoms with Gasteiger partial charge in [-0.05, 0) is 43.7 Å². The van der Waals surface area contributed by atoms with Crippen LogP contribution in [0.1, 0.15) is 50.2 Å². The summed E-state index contributed by atoms with van der Waals surface area (Å²) >= 11 is 2.66. The van der Waals surface area contributed by atoms with E-state index < -0.39 is 11.9 Å². The Balaban J connectivity index is 1.77. The number of nitrogens with zero attached hydrogens (tertiary/aromatic N) is 1. The highest BCUT2D eigenvalue weighted by molar-refractivity contribution is 7.18. The molecule has 32 heavy (non-hydrogen) atoms. The van der Waals surface area contributed by atoms with Gasteiger partial charge in [-0.25, -0.2) is 9.59 Å². The predicted molar refractivity (Wildman–Crippen MR) is 124 cm³/mol. The summed E-state index contributed by atoms with van der Waals surface area (Å²) in [5, 5.41) is 5.12. The molecule has 2 aromatic rings. The minimum absolute atomic E-state index is 0.104. The summed E-state index contributed by atoms with van der Waals surface area (Å²) in [5.41, 5.74) is 0.625. The Morgan fingerprint density at radius 3 is 2.75 bits per heavy atom. The highest BCUT2D eigenvalue weighted by Crippen LogP contribution is 2.34. The van der Waals surface area contributed by atoms with Crippen LogP contribution in [0.15, 0.2) is 17.5 Å². The van der Waals surface area contributed by atoms with E-state index in [1.807, 2.05) is 22.4 Å². The first kappa shape index (κ1) is 24.4. The lowest BCUT2D eigenvalue weighted by Gasteiger charge is -2.24. The van der Waals surface area contributed by atoms with Gasteiger partial charge < -0.3 is 19.5 Å². The molecule has 1 aliphatic rings. The molecule has 0 aromatic carbocycles. The van der Waals surface area contributed by atoms with Gasteiger partial charge in [0.15, 0.2) is 0 Å². The van der Waals surface area contributed by atoms with Crippen molar-refractivity contribution in [1.29, 1.82) is 0 Å². The molecule has 3 rings (SSSR count). The van der Waals surface area contributed by atoms with Crippen molar-refractivity contribution < 1.29 is 28.6 Å². The summed E-state index contributed by atoms with van der Waals surface area (Å²) in [5.74, 6) is -1.42. The first-order valence-corrected chi connectivity index (χ1v) is 12.2. The molecule has 2 aromatic heterocycles. The van der Waals surface area contributed by atoms with Crippen LogP contribution in [-0.2, 0) is 25.5 Å². The fraction of sp³-hybridized carbons (Fsp3) is 0.500. The third-order valence-corrected chi connectivity index (χ3v) is 7.11. The number of ether oxygens (including phenoxy) is 3. The number of carbonyl (C=O) groups excluding carboxylic acids is 3. The van der Waals surface area contributed by atoms with Crippen LogP contribution in [0, 0.1) is 6.92 Å². The number of nitrogens with one attached hydrogen (secondary N) is 1. The topological polar surface area (TPSA) is 94.2 Å². The molecule has 0 bridgehead atoms. The van der Waals surface area contributed by atoms with Crippen LogP contribution < -0.4 is 5.32 Å². The quantitative estimate of drug-likeness (QED) is 0.518. The summed E-state index contributed by atoms with van der Waals surface area (Å²) < 4.78 is 15.7. The fourth-order valence-electron chi connectivity index (χ4n) is 3.59. The molecule has 0 spiro atoms. The molecule has 174 valence electrons. The van der Waals surface area contributed by atoms with E-state index in [2.05, 4.69) is 5.32 Å². The van der Waals surface area contributed by atoms with Gasteiger partial charge in [-0.2, -0.15) is 0 Å². The molecule has 3 heterocycles. The molecular formula is C22H28N2O6S2. The number of thiophene rings is 2. The summed E-state index contributed by atoms with van der Waals surface area (Å²) in [6, 6.07) is 4.02. The number of rotatable bonds is 10. The molecule has 1 N–H and O–H groups in total. The number of amides is 1. The van der Waals surface area contributed by atoms with Crippen molar-refractivity contribution in [2.45, 2.75) is 39.3 Å². The molecule has 10 heteroatoms. The van der Waals surface area contributed by atoms with Gasteiger partial charge in [-0.3, -0.25) is 9.69 Å². The second-order valence-corrected chi connectivity index (χ2v) is 9.46. The lowest BCUT2D eigenvalue weighted by atomic mass is 10.1. The Morgan fingerprint density at radius 1 is 1.31 bits per heavy atom. The van der Waals surface area contributed by atoms with E-state index in [-0.39, 0.29) is 35.6 Å². The van der Waals surface area contributed by atoms with Crippen molar-refractivity contribution >= 4 is 45.5 Å². The van der Waals surface area contributed by atoms with Crippen LogP contribution in [0.3, 0.4) is 0 Å². The van der Waals surface area contributed by atoms with Gasteiger partial charge in [-0.1, -0.05) is 6.07 Å². The average Bonchev–Trinajstić information content (AvgIpc) is 3.50. The largest absolute Gasteiger partial charge is 0.465 e. The monoisotopic (exact) mass is 480 g/mol. The Hall–Kier alpha value is -2.27. The average molecular weight is 481 g/mol. The number of carbonyl (C=O) groups is 3. The second kappa shape index (κ2) is 11.6. The van der Waals surface area contributed by atoms with Gasteiger partial charge in [0.05, 0.1) is 31.9 Å². The van der Waals surface area contributed by atoms with Gasteiger partial charge in [0.2, 0.25) is 5.91 Å². The van der Waals surface area contributed by atoms with Crippen molar-refractivity contribution in [3.8, 4) is 0 Å². The summed E-state index contributed by atoms with van der Waals surface area (Å²) in [7, 11) is 1.28. The molecular weight excluding hydrogens is 452 g/mol. The zero-order valence-corrected chi connectivity index (χ0v) is 20.1. The van der Waals surface area contributed by atoms with Gasteiger partial charge in [0.1, 0.15) is 9.88 Å². The summed E-state index contributed by atoms with van der Waals surface area (Å²) in [4.78, 5) is 41.1. The van der Waals surface area contributed by atoms with Crippen LogP contribution in [0.5, 0.6) is 0 Å². The third-order valence-electron chi connectivity index (χ3n) is 5.06. The molecule has 0 radical (unpaired) electrons. The van der Waals surface area contributed by atoms with Gasteiger partial charge >= 0.3 is 11.9 Å². The Kier molecular flexibility index (Phi) is 8.80. The molecule has 0 aliphatic carbocycles. The maximum atomic E-state index is 13.0. The molecule has 0 saturated carbocycles. The maximum Gasteiger partial charge on any atom is 0.348 e. The smallest absolute Gasteiger partial charge is 0.348 e. The van der Waals surface area contributed by atoms with E-state index in [4.69, 9.17) is 14.2 Å². The fourth-order valence-corrected chi connectivity index (χ4v) is 5.47. The van der Waals surface area contributed by atoms with Gasteiger partial charge in [0, 0.05) is 24.6 Å². The maximum absolute atomic E-state index is 13.0. The van der Waals surface area contributed by atoms with Gasteiger partial charge in [0.25, 0.3) is 0 Å². The SMILES string of the molecule is CCOC(=O)c1c(NC(=O)CN(Cc2cccs2)C[C@@H]2CCCO2)sc(C(=O)OC)c1C. The van der Waals surface area contributed by atoms with E-state index >= 15 is 0 Å². The lowest BCUT2D eigenvalue weighted by molar-refractivity contribution is -0.117. The zero-order valence-electron chi connectivity index (χ0n) is 18.5. The lowest BCUT2D eigenvalue weighted by Crippen LogP contribution is -2.37. The minimum atomic E-state index is -0.582. The third kappa shape index (κ3) is 6.16. The normalized spacial score (nSPS) is 15.7. The molecule has 1 fully saturated rings. The first-order chi connectivity index (χ1) is 15.4. The molecule has 1 amide bonds. The number of anilines is 1. The van der Waals surface area contributed by atoms with E-state index in [9.17, 15) is 14.4 Å². The van der Waals surface area contributed by atoms with Crippen molar-refractivity contribution in [1.82, 2.24) is 4.90 Å². The number of hydrogen-bond donors (Lipinski definition) is 1. The highest BCUT2D eigenvalue weighted by atomic mass is 32.1. The van der Waals surface area contributed by atoms with Crippen molar-refractivity contribution in [3.05, 3.63) is 38.4 Å². The van der Waals surface area contributed by atoms with Crippen LogP contribution in [0.2, 0.25) is 0 Å². The standard InChI is InChI=1S/C22H28N2O6S2/c1-4-29-21(26)18-14(2)19(22(27)28-3)32-20(18)23-17(25)13-24(11-15-7-5-9-30-15)12-16-8-6-10-31-16/h6,8,10,15H,4-5,7,9,11-13H2,1-3H3,(H,23,25)/t15-/m0/s1. The molecule has 1 saturated heterocycles. The number of hydrogen-bond acceptors (Lipinski definition) is 9.